The van der Waals surface area contributed by atoms with Crippen LogP contribution in [0.4, 0.5) is 11.0 Å². The van der Waals surface area contributed by atoms with Gasteiger partial charge in [0.25, 0.3) is 5.78 Å². The lowest BCUT2D eigenvalue weighted by Gasteiger charge is -2.21. The molecular formula is C21H18N4O6S. The summed E-state index contributed by atoms with van der Waals surface area (Å²) in [5.74, 6) is -0.193. The number of benzene rings is 1. The molecule has 164 valence electrons. The minimum atomic E-state index is -1.01. The summed E-state index contributed by atoms with van der Waals surface area (Å²) in [6.07, 6.45) is 0. The Morgan fingerprint density at radius 1 is 1.16 bits per heavy atom. The monoisotopic (exact) mass is 454 g/mol. The molecule has 11 heteroatoms. The Labute approximate surface area is 186 Å². The molecule has 1 aromatic carbocycles. The normalized spacial score (nSPS) is 19.4. The van der Waals surface area contributed by atoms with Crippen molar-refractivity contribution in [1.82, 2.24) is 10.2 Å². The molecule has 5 rings (SSSR count). The number of anilines is 2. The van der Waals surface area contributed by atoms with Crippen LogP contribution in [0.25, 0.3) is 5.76 Å². The molecule has 3 aromatic rings. The summed E-state index contributed by atoms with van der Waals surface area (Å²) in [5, 5.41) is 19.1. The summed E-state index contributed by atoms with van der Waals surface area (Å²) in [7, 11) is 3.61. The third-order valence-electron chi connectivity index (χ3n) is 5.14. The summed E-state index contributed by atoms with van der Waals surface area (Å²) in [6.45, 7) is 0.802. The number of fused-ring (bicyclic) bond motifs is 1. The molecule has 0 spiro atoms. The first kappa shape index (κ1) is 20.1. The second-order valence-corrected chi connectivity index (χ2v) is 8.13. The van der Waals surface area contributed by atoms with Gasteiger partial charge in [-0.15, -0.1) is 10.2 Å². The van der Waals surface area contributed by atoms with Crippen LogP contribution in [0.5, 0.6) is 11.5 Å². The highest BCUT2D eigenvalue weighted by Crippen LogP contribution is 2.44. The van der Waals surface area contributed by atoms with E-state index in [2.05, 4.69) is 10.2 Å². The number of aromatic nitrogens is 2. The third kappa shape index (κ3) is 3.17. The topological polar surface area (TPSA) is 118 Å². The highest BCUT2D eigenvalue weighted by atomic mass is 32.1. The maximum absolute atomic E-state index is 13.1. The van der Waals surface area contributed by atoms with Crippen LogP contribution >= 0.6 is 11.3 Å². The summed E-state index contributed by atoms with van der Waals surface area (Å²) in [4.78, 5) is 29.0. The molecule has 1 N–H and O–H groups in total. The van der Waals surface area contributed by atoms with Crippen molar-refractivity contribution >= 4 is 39.8 Å². The van der Waals surface area contributed by atoms with Crippen molar-refractivity contribution in [2.45, 2.75) is 6.04 Å². The number of hydrogen-bond donors (Lipinski definition) is 1. The van der Waals surface area contributed by atoms with Crippen molar-refractivity contribution in [1.29, 1.82) is 0 Å². The van der Waals surface area contributed by atoms with Crippen LogP contribution in [0, 0.1) is 0 Å². The zero-order chi connectivity index (χ0) is 22.4. The van der Waals surface area contributed by atoms with E-state index < -0.39 is 17.7 Å². The van der Waals surface area contributed by atoms with E-state index in [1.165, 1.54) is 10.4 Å². The Balaban J connectivity index is 1.67. The van der Waals surface area contributed by atoms with Gasteiger partial charge in [-0.25, -0.2) is 0 Å². The lowest BCUT2D eigenvalue weighted by Crippen LogP contribution is -2.29. The molecule has 0 bridgehead atoms. The van der Waals surface area contributed by atoms with Crippen molar-refractivity contribution in [3.05, 3.63) is 52.7 Å². The number of Topliss-reactive ketones (excluding diaryl/α,β-unsaturated/α-hetero) is 1. The third-order valence-corrected chi connectivity index (χ3v) is 5.83. The molecule has 2 aromatic heterocycles. The van der Waals surface area contributed by atoms with Gasteiger partial charge >= 0.3 is 5.91 Å². The van der Waals surface area contributed by atoms with E-state index in [0.29, 0.717) is 41.9 Å². The Morgan fingerprint density at radius 3 is 2.62 bits per heavy atom. The van der Waals surface area contributed by atoms with E-state index in [-0.39, 0.29) is 16.5 Å². The van der Waals surface area contributed by atoms with Crippen molar-refractivity contribution in [3.63, 3.8) is 0 Å². The fourth-order valence-electron chi connectivity index (χ4n) is 3.65. The lowest BCUT2D eigenvalue weighted by molar-refractivity contribution is -0.132. The van der Waals surface area contributed by atoms with Crippen LogP contribution in [-0.2, 0) is 9.59 Å². The fourth-order valence-corrected chi connectivity index (χ4v) is 4.23. The SMILES string of the molecule is CN(C)c1ccc(C2/C(=C(\O)c3ccc4c(c3)OCCO4)C(=O)C(=O)N2c2nncs2)o1. The van der Waals surface area contributed by atoms with Crippen molar-refractivity contribution in [2.24, 2.45) is 0 Å². The standard InChI is InChI=1S/C21H18N4O6S/c1-24(2)15-6-5-13(31-15)17-16(19(27)20(28)25(17)21-23-22-10-32-21)18(26)11-3-4-12-14(9-11)30-8-7-29-12/h3-6,9-10,17,26H,7-8H2,1-2H3/b18-16+. The molecule has 1 amide bonds. The molecule has 1 unspecified atom stereocenters. The average Bonchev–Trinajstić information content (AvgIpc) is 3.54. The summed E-state index contributed by atoms with van der Waals surface area (Å²) in [5.41, 5.74) is 1.66. The predicted octanol–water partition coefficient (Wildman–Crippen LogP) is 2.59. The van der Waals surface area contributed by atoms with Crippen molar-refractivity contribution in [2.75, 3.05) is 37.1 Å². The number of nitrogens with zero attached hydrogens (tertiary/aromatic N) is 4. The maximum Gasteiger partial charge on any atom is 0.302 e. The second-order valence-electron chi connectivity index (χ2n) is 7.32. The van der Waals surface area contributed by atoms with E-state index in [9.17, 15) is 14.7 Å². The number of carbonyl (C=O) groups is 2. The predicted molar refractivity (Wildman–Crippen MR) is 115 cm³/mol. The van der Waals surface area contributed by atoms with Gasteiger partial charge in [0, 0.05) is 25.7 Å². The Hall–Kier alpha value is -3.86. The van der Waals surface area contributed by atoms with Gasteiger partial charge in [-0.05, 0) is 24.3 Å². The van der Waals surface area contributed by atoms with E-state index in [0.717, 1.165) is 11.3 Å². The van der Waals surface area contributed by atoms with Gasteiger partial charge in [-0.3, -0.25) is 14.5 Å². The highest BCUT2D eigenvalue weighted by molar-refractivity contribution is 7.13. The molecule has 1 atom stereocenters. The molecule has 1 fully saturated rings. The zero-order valence-electron chi connectivity index (χ0n) is 17.1. The van der Waals surface area contributed by atoms with Gasteiger partial charge in [0.2, 0.25) is 5.13 Å². The number of rotatable bonds is 4. The number of furan rings is 1. The molecule has 0 saturated carbocycles. The minimum absolute atomic E-state index is 0.110. The van der Waals surface area contributed by atoms with Crippen molar-refractivity contribution < 1.29 is 28.6 Å². The number of carbonyl (C=O) groups excluding carboxylic acids is 2. The van der Waals surface area contributed by atoms with Crippen molar-refractivity contribution in [3.8, 4) is 11.5 Å². The number of ketones is 1. The van der Waals surface area contributed by atoms with Gasteiger partial charge in [0.1, 0.15) is 36.3 Å². The average molecular weight is 454 g/mol. The first-order valence-corrected chi connectivity index (χ1v) is 10.6. The number of aliphatic hydroxyl groups excluding tert-OH is 1. The van der Waals surface area contributed by atoms with Gasteiger partial charge in [-0.1, -0.05) is 11.3 Å². The minimum Gasteiger partial charge on any atom is -0.507 e. The zero-order valence-corrected chi connectivity index (χ0v) is 18.0. The van der Waals surface area contributed by atoms with E-state index in [1.807, 2.05) is 0 Å². The Bertz CT molecular complexity index is 1230. The van der Waals surface area contributed by atoms with Crippen LogP contribution in [-0.4, -0.2) is 54.3 Å². The van der Waals surface area contributed by atoms with Crippen LogP contribution in [0.1, 0.15) is 17.4 Å². The van der Waals surface area contributed by atoms with Gasteiger partial charge < -0.3 is 23.9 Å². The molecule has 2 aliphatic rings. The molecule has 2 aliphatic heterocycles. The molecule has 1 saturated heterocycles. The smallest absolute Gasteiger partial charge is 0.302 e. The Kier molecular flexibility index (Phi) is 4.82. The quantitative estimate of drug-likeness (QED) is 0.360. The Morgan fingerprint density at radius 2 is 1.94 bits per heavy atom. The van der Waals surface area contributed by atoms with Gasteiger partial charge in [0.05, 0.1) is 5.57 Å². The summed E-state index contributed by atoms with van der Waals surface area (Å²) < 4.78 is 17.0. The number of ether oxygens (including phenoxy) is 2. The molecule has 32 heavy (non-hydrogen) atoms. The largest absolute Gasteiger partial charge is 0.507 e. The fraction of sp³-hybridized carbons (Fsp3) is 0.238. The lowest BCUT2D eigenvalue weighted by atomic mass is 9.99. The molecule has 0 aliphatic carbocycles. The highest BCUT2D eigenvalue weighted by Gasteiger charge is 2.49. The van der Waals surface area contributed by atoms with Gasteiger partial charge in [-0.2, -0.15) is 0 Å². The second kappa shape index (κ2) is 7.68. The van der Waals surface area contributed by atoms with E-state index in [4.69, 9.17) is 13.9 Å². The molecule has 10 nitrogen and oxygen atoms in total. The number of aliphatic hydroxyl groups is 1. The first-order chi connectivity index (χ1) is 15.5. The van der Waals surface area contributed by atoms with E-state index in [1.54, 1.807) is 49.3 Å². The number of hydrogen-bond acceptors (Lipinski definition) is 10. The van der Waals surface area contributed by atoms with Crippen LogP contribution in [0.3, 0.4) is 0 Å². The summed E-state index contributed by atoms with van der Waals surface area (Å²) in [6, 6.07) is 7.20. The van der Waals surface area contributed by atoms with Crippen LogP contribution < -0.4 is 19.3 Å². The molecular weight excluding hydrogens is 436 g/mol. The van der Waals surface area contributed by atoms with Crippen LogP contribution in [0.15, 0.2) is 45.8 Å². The number of amides is 1. The first-order valence-electron chi connectivity index (χ1n) is 9.70. The van der Waals surface area contributed by atoms with E-state index >= 15 is 0 Å². The molecule has 0 radical (unpaired) electrons. The molecule has 4 heterocycles. The maximum atomic E-state index is 13.1. The van der Waals surface area contributed by atoms with Gasteiger partial charge in [0.15, 0.2) is 17.4 Å². The summed E-state index contributed by atoms with van der Waals surface area (Å²) >= 11 is 1.10. The van der Waals surface area contributed by atoms with Crippen LogP contribution in [0.2, 0.25) is 0 Å².